The number of halogens is 1. The van der Waals surface area contributed by atoms with E-state index in [1.807, 2.05) is 24.7 Å². The van der Waals surface area contributed by atoms with Gasteiger partial charge in [-0.3, -0.25) is 0 Å². The molecule has 0 aliphatic rings. The summed E-state index contributed by atoms with van der Waals surface area (Å²) in [5.41, 5.74) is 0.971. The Kier molecular flexibility index (Phi) is 3.38. The van der Waals surface area contributed by atoms with Gasteiger partial charge in [-0.15, -0.1) is 22.9 Å². The van der Waals surface area contributed by atoms with Gasteiger partial charge < -0.3 is 4.57 Å². The molecule has 0 radical (unpaired) electrons. The summed E-state index contributed by atoms with van der Waals surface area (Å²) in [5, 5.41) is 3.15. The van der Waals surface area contributed by atoms with Gasteiger partial charge in [0.1, 0.15) is 5.82 Å². The van der Waals surface area contributed by atoms with Gasteiger partial charge in [0.2, 0.25) is 0 Å². The minimum Gasteiger partial charge on any atom is -0.335 e. The summed E-state index contributed by atoms with van der Waals surface area (Å²) in [7, 11) is 0. The fourth-order valence-corrected chi connectivity index (χ4v) is 2.40. The molecule has 5 heteroatoms. The zero-order valence-electron chi connectivity index (χ0n) is 8.48. The molecule has 0 N–H and O–H groups in total. The van der Waals surface area contributed by atoms with Crippen LogP contribution in [0, 0.1) is 6.92 Å². The van der Waals surface area contributed by atoms with Crippen LogP contribution < -0.4 is 0 Å². The number of aryl methyl sites for hydroxylation is 3. The number of hydrogen-bond acceptors (Lipinski definition) is 3. The van der Waals surface area contributed by atoms with Crippen LogP contribution >= 0.6 is 22.9 Å². The Morgan fingerprint density at radius 2 is 2.40 bits per heavy atom. The van der Waals surface area contributed by atoms with Gasteiger partial charge in [-0.2, -0.15) is 0 Å². The standard InChI is InChI=1S/C10H12ClN3S/c1-8-12-3-5-14(8)4-2-10-13-9(6-11)7-15-10/h3,5,7H,2,4,6H2,1H3. The maximum absolute atomic E-state index is 5.69. The SMILES string of the molecule is Cc1nccn1CCc1nc(CCl)cs1. The molecule has 0 bridgehead atoms. The largest absolute Gasteiger partial charge is 0.335 e. The van der Waals surface area contributed by atoms with Crippen molar-refractivity contribution in [2.24, 2.45) is 0 Å². The van der Waals surface area contributed by atoms with E-state index in [1.165, 1.54) is 0 Å². The van der Waals surface area contributed by atoms with Crippen LogP contribution in [0.25, 0.3) is 0 Å². The Hall–Kier alpha value is -0.870. The van der Waals surface area contributed by atoms with Crippen molar-refractivity contribution in [1.29, 1.82) is 0 Å². The Labute approximate surface area is 97.8 Å². The van der Waals surface area contributed by atoms with E-state index in [-0.39, 0.29) is 0 Å². The van der Waals surface area contributed by atoms with Crippen molar-refractivity contribution in [3.8, 4) is 0 Å². The lowest BCUT2D eigenvalue weighted by atomic mass is 10.4. The second-order valence-corrected chi connectivity index (χ2v) is 4.49. The molecule has 2 heterocycles. The first-order valence-corrected chi connectivity index (χ1v) is 6.18. The fraction of sp³-hybridized carbons (Fsp3) is 0.400. The van der Waals surface area contributed by atoms with Crippen LogP contribution in [-0.4, -0.2) is 14.5 Å². The van der Waals surface area contributed by atoms with Crippen LogP contribution in [0.15, 0.2) is 17.8 Å². The second kappa shape index (κ2) is 4.77. The normalized spacial score (nSPS) is 10.8. The molecule has 0 fully saturated rings. The predicted molar refractivity (Wildman–Crippen MR) is 62.3 cm³/mol. The molecule has 0 amide bonds. The van der Waals surface area contributed by atoms with Crippen LogP contribution in [0.4, 0.5) is 0 Å². The quantitative estimate of drug-likeness (QED) is 0.771. The number of alkyl halides is 1. The molecule has 0 aliphatic carbocycles. The highest BCUT2D eigenvalue weighted by molar-refractivity contribution is 7.09. The van der Waals surface area contributed by atoms with Crippen molar-refractivity contribution < 1.29 is 0 Å². The van der Waals surface area contributed by atoms with E-state index in [0.29, 0.717) is 5.88 Å². The third kappa shape index (κ3) is 2.58. The zero-order chi connectivity index (χ0) is 10.7. The number of imidazole rings is 1. The number of aromatic nitrogens is 3. The van der Waals surface area contributed by atoms with E-state index >= 15 is 0 Å². The highest BCUT2D eigenvalue weighted by Gasteiger charge is 2.02. The van der Waals surface area contributed by atoms with E-state index in [2.05, 4.69) is 14.5 Å². The number of nitrogens with zero attached hydrogens (tertiary/aromatic N) is 3. The fourth-order valence-electron chi connectivity index (χ4n) is 1.38. The van der Waals surface area contributed by atoms with E-state index in [0.717, 1.165) is 29.5 Å². The molecule has 0 unspecified atom stereocenters. The number of rotatable bonds is 4. The molecule has 0 spiro atoms. The summed E-state index contributed by atoms with van der Waals surface area (Å²) in [6.45, 7) is 2.94. The molecule has 0 saturated carbocycles. The van der Waals surface area contributed by atoms with Crippen molar-refractivity contribution in [3.63, 3.8) is 0 Å². The molecule has 15 heavy (non-hydrogen) atoms. The molecular formula is C10H12ClN3S. The molecule has 80 valence electrons. The average molecular weight is 242 g/mol. The van der Waals surface area contributed by atoms with Crippen LogP contribution in [0.1, 0.15) is 16.5 Å². The van der Waals surface area contributed by atoms with Gasteiger partial charge in [-0.1, -0.05) is 0 Å². The third-order valence-corrected chi connectivity index (χ3v) is 3.46. The van der Waals surface area contributed by atoms with Gasteiger partial charge in [-0.25, -0.2) is 9.97 Å². The van der Waals surface area contributed by atoms with E-state index < -0.39 is 0 Å². The molecule has 0 saturated heterocycles. The maximum atomic E-state index is 5.69. The van der Waals surface area contributed by atoms with Crippen LogP contribution in [0.5, 0.6) is 0 Å². The summed E-state index contributed by atoms with van der Waals surface area (Å²) in [4.78, 5) is 8.59. The smallest absolute Gasteiger partial charge is 0.105 e. The van der Waals surface area contributed by atoms with Crippen molar-refractivity contribution in [2.45, 2.75) is 25.8 Å². The van der Waals surface area contributed by atoms with E-state index in [1.54, 1.807) is 11.3 Å². The predicted octanol–water partition coefficient (Wildman–Crippen LogP) is 2.63. The lowest BCUT2D eigenvalue weighted by Gasteiger charge is -2.01. The molecule has 2 aromatic rings. The Bertz CT molecular complexity index is 435. The highest BCUT2D eigenvalue weighted by atomic mass is 35.5. The lowest BCUT2D eigenvalue weighted by molar-refractivity contribution is 0.670. The minimum absolute atomic E-state index is 0.501. The summed E-state index contributed by atoms with van der Waals surface area (Å²) in [6, 6.07) is 0. The van der Waals surface area contributed by atoms with Crippen molar-refractivity contribution in [2.75, 3.05) is 0 Å². The van der Waals surface area contributed by atoms with E-state index in [4.69, 9.17) is 11.6 Å². The summed E-state index contributed by atoms with van der Waals surface area (Å²) in [6.07, 6.45) is 4.76. The van der Waals surface area contributed by atoms with Gasteiger partial charge >= 0.3 is 0 Å². The molecule has 0 aromatic carbocycles. The van der Waals surface area contributed by atoms with Gasteiger partial charge in [-0.05, 0) is 6.92 Å². The summed E-state index contributed by atoms with van der Waals surface area (Å²) in [5.74, 6) is 1.55. The maximum Gasteiger partial charge on any atom is 0.105 e. The minimum atomic E-state index is 0.501. The zero-order valence-corrected chi connectivity index (χ0v) is 10.1. The molecule has 0 atom stereocenters. The van der Waals surface area contributed by atoms with Crippen molar-refractivity contribution in [3.05, 3.63) is 34.3 Å². The van der Waals surface area contributed by atoms with Crippen LogP contribution in [0.2, 0.25) is 0 Å². The monoisotopic (exact) mass is 241 g/mol. The molecule has 2 aromatic heterocycles. The number of thiazole rings is 1. The second-order valence-electron chi connectivity index (χ2n) is 3.28. The van der Waals surface area contributed by atoms with Crippen molar-refractivity contribution in [1.82, 2.24) is 14.5 Å². The average Bonchev–Trinajstić information content (AvgIpc) is 2.84. The first-order valence-electron chi connectivity index (χ1n) is 4.76. The van der Waals surface area contributed by atoms with Crippen molar-refractivity contribution >= 4 is 22.9 Å². The van der Waals surface area contributed by atoms with Crippen LogP contribution in [0.3, 0.4) is 0 Å². The number of hydrogen-bond donors (Lipinski definition) is 0. The molecule has 3 nitrogen and oxygen atoms in total. The first kappa shape index (κ1) is 10.6. The Morgan fingerprint density at radius 1 is 1.53 bits per heavy atom. The summed E-state index contributed by atoms with van der Waals surface area (Å²) >= 11 is 7.37. The molecule has 0 aliphatic heterocycles. The van der Waals surface area contributed by atoms with Gasteiger partial charge in [0.05, 0.1) is 16.6 Å². The third-order valence-electron chi connectivity index (χ3n) is 2.23. The van der Waals surface area contributed by atoms with Crippen LogP contribution in [-0.2, 0) is 18.8 Å². The Morgan fingerprint density at radius 3 is 3.00 bits per heavy atom. The molecular weight excluding hydrogens is 230 g/mol. The van der Waals surface area contributed by atoms with Gasteiger partial charge in [0.25, 0.3) is 0 Å². The van der Waals surface area contributed by atoms with Gasteiger partial charge in [0, 0.05) is 30.7 Å². The Balaban J connectivity index is 1.96. The topological polar surface area (TPSA) is 30.7 Å². The van der Waals surface area contributed by atoms with E-state index in [9.17, 15) is 0 Å². The molecule has 2 rings (SSSR count). The summed E-state index contributed by atoms with van der Waals surface area (Å²) < 4.78 is 2.13. The van der Waals surface area contributed by atoms with Gasteiger partial charge in [0.15, 0.2) is 0 Å². The lowest BCUT2D eigenvalue weighted by Crippen LogP contribution is -2.02. The first-order chi connectivity index (χ1) is 7.29. The highest BCUT2D eigenvalue weighted by Crippen LogP contribution is 2.13.